The highest BCUT2D eigenvalue weighted by Gasteiger charge is 2.14. The average molecular weight is 197 g/mol. The topological polar surface area (TPSA) is 12.4 Å². The lowest BCUT2D eigenvalue weighted by Gasteiger charge is -2.18. The molecule has 0 amide bonds. The van der Waals surface area contributed by atoms with Gasteiger partial charge in [-0.2, -0.15) is 0 Å². The van der Waals surface area contributed by atoms with Gasteiger partial charge in [-0.15, -0.1) is 0 Å². The van der Waals surface area contributed by atoms with E-state index in [1.165, 1.54) is 0 Å². The summed E-state index contributed by atoms with van der Waals surface area (Å²) in [6.07, 6.45) is 0. The van der Waals surface area contributed by atoms with Gasteiger partial charge in [-0.3, -0.25) is 4.99 Å². The van der Waals surface area contributed by atoms with Gasteiger partial charge in [0.05, 0.1) is 5.04 Å². The summed E-state index contributed by atoms with van der Waals surface area (Å²) in [6, 6.07) is 0. The highest BCUT2D eigenvalue weighted by molar-refractivity contribution is 8.17. The number of hydrogen-bond acceptors (Lipinski definition) is 2. The molecule has 0 rings (SSSR count). The molecule has 0 radical (unpaired) electrons. The first-order chi connectivity index (χ1) is 5.73. The summed E-state index contributed by atoms with van der Waals surface area (Å²) in [5.41, 5.74) is 0.968. The van der Waals surface area contributed by atoms with Crippen LogP contribution in [0.5, 0.6) is 0 Å². The minimum atomic E-state index is 0.0525. The zero-order chi connectivity index (χ0) is 10.6. The summed E-state index contributed by atoms with van der Waals surface area (Å²) < 4.78 is 0. The van der Waals surface area contributed by atoms with E-state index in [0.29, 0.717) is 0 Å². The van der Waals surface area contributed by atoms with Crippen LogP contribution in [-0.4, -0.2) is 5.04 Å². The van der Waals surface area contributed by atoms with Crippen molar-refractivity contribution in [3.8, 4) is 0 Å². The Kier molecular flexibility index (Phi) is 4.48. The van der Waals surface area contributed by atoms with Crippen LogP contribution in [0.2, 0.25) is 0 Å². The molecule has 0 aliphatic heterocycles. The van der Waals surface area contributed by atoms with Crippen LogP contribution in [0.15, 0.2) is 28.8 Å². The van der Waals surface area contributed by atoms with Gasteiger partial charge < -0.3 is 0 Å². The first kappa shape index (κ1) is 12.5. The van der Waals surface area contributed by atoms with Gasteiger partial charge in [-0.1, -0.05) is 45.7 Å². The molecule has 0 spiro atoms. The fourth-order valence-corrected chi connectivity index (χ4v) is 1.29. The van der Waals surface area contributed by atoms with E-state index in [4.69, 9.17) is 0 Å². The van der Waals surface area contributed by atoms with E-state index in [0.717, 1.165) is 15.6 Å². The predicted molar refractivity (Wildman–Crippen MR) is 64.1 cm³/mol. The molecule has 0 bridgehead atoms. The Morgan fingerprint density at radius 3 is 1.92 bits per heavy atom. The minimum Gasteiger partial charge on any atom is -0.251 e. The van der Waals surface area contributed by atoms with E-state index in [1.54, 1.807) is 11.8 Å². The molecule has 0 aromatic rings. The third-order valence-corrected chi connectivity index (χ3v) is 2.22. The average Bonchev–Trinajstić information content (AvgIpc) is 1.82. The van der Waals surface area contributed by atoms with E-state index in [1.807, 2.05) is 13.8 Å². The first-order valence-corrected chi connectivity index (χ1v) is 5.13. The highest BCUT2D eigenvalue weighted by atomic mass is 32.2. The SMILES string of the molecule is C=C(C)SC(C)=NC(=C)C(C)(C)C. The summed E-state index contributed by atoms with van der Waals surface area (Å²) in [4.78, 5) is 5.47. The molecule has 74 valence electrons. The molecule has 0 atom stereocenters. The lowest BCUT2D eigenvalue weighted by Crippen LogP contribution is -2.07. The monoisotopic (exact) mass is 197 g/mol. The van der Waals surface area contributed by atoms with Gasteiger partial charge in [0, 0.05) is 11.1 Å². The van der Waals surface area contributed by atoms with E-state index < -0.39 is 0 Å². The molecule has 0 aromatic carbocycles. The summed E-state index contributed by atoms with van der Waals surface area (Å²) in [7, 11) is 0. The number of thioether (sulfide) groups is 1. The molecule has 0 saturated carbocycles. The van der Waals surface area contributed by atoms with E-state index in [9.17, 15) is 0 Å². The molecule has 0 heterocycles. The van der Waals surface area contributed by atoms with Gasteiger partial charge in [0.1, 0.15) is 0 Å². The van der Waals surface area contributed by atoms with Crippen LogP contribution in [0, 0.1) is 5.41 Å². The second-order valence-corrected chi connectivity index (χ2v) is 5.62. The molecule has 0 fully saturated rings. The predicted octanol–water partition coefficient (Wildman–Crippen LogP) is 4.23. The maximum absolute atomic E-state index is 4.41. The van der Waals surface area contributed by atoms with Gasteiger partial charge in [0.15, 0.2) is 0 Å². The third-order valence-electron chi connectivity index (χ3n) is 1.48. The highest BCUT2D eigenvalue weighted by Crippen LogP contribution is 2.26. The maximum Gasteiger partial charge on any atom is 0.0747 e. The molecule has 0 aliphatic carbocycles. The van der Waals surface area contributed by atoms with Gasteiger partial charge in [-0.25, -0.2) is 0 Å². The van der Waals surface area contributed by atoms with Crippen molar-refractivity contribution in [1.82, 2.24) is 0 Å². The third kappa shape index (κ3) is 5.69. The Morgan fingerprint density at radius 2 is 1.62 bits per heavy atom. The van der Waals surface area contributed by atoms with Crippen LogP contribution in [0.3, 0.4) is 0 Å². The van der Waals surface area contributed by atoms with Gasteiger partial charge >= 0.3 is 0 Å². The second kappa shape index (κ2) is 4.66. The normalized spacial score (nSPS) is 12.8. The van der Waals surface area contributed by atoms with Crippen molar-refractivity contribution in [3.05, 3.63) is 23.8 Å². The Labute approximate surface area is 86.0 Å². The van der Waals surface area contributed by atoms with Crippen molar-refractivity contribution in [2.24, 2.45) is 10.4 Å². The number of nitrogens with zero attached hydrogens (tertiary/aromatic N) is 1. The van der Waals surface area contributed by atoms with E-state index in [-0.39, 0.29) is 5.41 Å². The van der Waals surface area contributed by atoms with Crippen LogP contribution in [0.25, 0.3) is 0 Å². The Bertz CT molecular complexity index is 243. The number of hydrogen-bond donors (Lipinski definition) is 0. The molecule has 0 N–H and O–H groups in total. The molecule has 1 nitrogen and oxygen atoms in total. The van der Waals surface area contributed by atoms with Crippen molar-refractivity contribution in [3.63, 3.8) is 0 Å². The first-order valence-electron chi connectivity index (χ1n) is 4.31. The van der Waals surface area contributed by atoms with Crippen molar-refractivity contribution in [2.75, 3.05) is 0 Å². The van der Waals surface area contributed by atoms with Gasteiger partial charge in [0.25, 0.3) is 0 Å². The van der Waals surface area contributed by atoms with E-state index in [2.05, 4.69) is 38.9 Å². The van der Waals surface area contributed by atoms with Crippen molar-refractivity contribution >= 4 is 16.8 Å². The van der Waals surface area contributed by atoms with Crippen LogP contribution < -0.4 is 0 Å². The standard InChI is InChI=1S/C11H19NS/c1-8(2)13-10(4)12-9(3)11(5,6)7/h1,3H2,2,4-7H3. The summed E-state index contributed by atoms with van der Waals surface area (Å²) in [5, 5.41) is 1.01. The lowest BCUT2D eigenvalue weighted by molar-refractivity contribution is 0.501. The largest absolute Gasteiger partial charge is 0.251 e. The van der Waals surface area contributed by atoms with Gasteiger partial charge in [0.2, 0.25) is 0 Å². The number of aliphatic imine (C=N–C) groups is 1. The Hall–Kier alpha value is -0.500. The fourth-order valence-electron chi connectivity index (χ4n) is 0.633. The number of rotatable bonds is 2. The van der Waals surface area contributed by atoms with Crippen molar-refractivity contribution in [1.29, 1.82) is 0 Å². The molecule has 0 unspecified atom stereocenters. The lowest BCUT2D eigenvalue weighted by atomic mass is 9.93. The molecular weight excluding hydrogens is 178 g/mol. The molecule has 13 heavy (non-hydrogen) atoms. The summed E-state index contributed by atoms with van der Waals surface area (Å²) in [6.45, 7) is 18.0. The zero-order valence-electron chi connectivity index (χ0n) is 9.27. The van der Waals surface area contributed by atoms with Crippen LogP contribution in [0.1, 0.15) is 34.6 Å². The quantitative estimate of drug-likeness (QED) is 0.476. The zero-order valence-corrected chi connectivity index (χ0v) is 10.1. The summed E-state index contributed by atoms with van der Waals surface area (Å²) in [5.74, 6) is 0. The minimum absolute atomic E-state index is 0.0525. The van der Waals surface area contributed by atoms with Gasteiger partial charge in [-0.05, 0) is 18.8 Å². The Balaban J connectivity index is 4.40. The van der Waals surface area contributed by atoms with E-state index >= 15 is 0 Å². The smallest absolute Gasteiger partial charge is 0.0747 e. The fraction of sp³-hybridized carbons (Fsp3) is 0.545. The van der Waals surface area contributed by atoms with Crippen molar-refractivity contribution in [2.45, 2.75) is 34.6 Å². The second-order valence-electron chi connectivity index (χ2n) is 4.13. The van der Waals surface area contributed by atoms with Crippen LogP contribution >= 0.6 is 11.8 Å². The van der Waals surface area contributed by atoms with Crippen molar-refractivity contribution < 1.29 is 0 Å². The van der Waals surface area contributed by atoms with Crippen LogP contribution in [-0.2, 0) is 0 Å². The molecule has 0 saturated heterocycles. The Morgan fingerprint density at radius 1 is 1.15 bits per heavy atom. The molecule has 0 aromatic heterocycles. The summed E-state index contributed by atoms with van der Waals surface area (Å²) >= 11 is 1.59. The van der Waals surface area contributed by atoms with Crippen LogP contribution in [0.4, 0.5) is 0 Å². The molecule has 2 heteroatoms. The maximum atomic E-state index is 4.41. The molecular formula is C11H19NS. The number of allylic oxidation sites excluding steroid dienone is 2. The molecule has 0 aliphatic rings.